The summed E-state index contributed by atoms with van der Waals surface area (Å²) in [4.78, 5) is 29.4. The Morgan fingerprint density at radius 2 is 1.96 bits per heavy atom. The Morgan fingerprint density at radius 3 is 2.69 bits per heavy atom. The molecule has 1 heterocycles. The number of carbonyl (C=O) groups excluding carboxylic acids is 1. The van der Waals surface area contributed by atoms with Crippen molar-refractivity contribution in [3.63, 3.8) is 0 Å². The molecule has 7 heteroatoms. The maximum Gasteiger partial charge on any atom is 0.341 e. The minimum Gasteiger partial charge on any atom is -0.482 e. The Labute approximate surface area is 150 Å². The summed E-state index contributed by atoms with van der Waals surface area (Å²) in [5.41, 5.74) is 2.32. The number of imidazole rings is 1. The fraction of sp³-hybridized carbons (Fsp3) is 0.211. The number of ether oxygens (including phenoxy) is 1. The summed E-state index contributed by atoms with van der Waals surface area (Å²) in [7, 11) is 3.62. The van der Waals surface area contributed by atoms with Crippen molar-refractivity contribution >= 4 is 22.9 Å². The fourth-order valence-corrected chi connectivity index (χ4v) is 2.71. The van der Waals surface area contributed by atoms with E-state index in [1.807, 2.05) is 35.9 Å². The van der Waals surface area contributed by atoms with Crippen molar-refractivity contribution in [1.82, 2.24) is 14.5 Å². The topological polar surface area (TPSA) is 84.7 Å². The van der Waals surface area contributed by atoms with Gasteiger partial charge in [0.2, 0.25) is 0 Å². The second-order valence-electron chi connectivity index (χ2n) is 5.95. The van der Waals surface area contributed by atoms with E-state index in [2.05, 4.69) is 4.98 Å². The summed E-state index contributed by atoms with van der Waals surface area (Å²) < 4.78 is 7.09. The van der Waals surface area contributed by atoms with Crippen LogP contribution in [-0.2, 0) is 18.4 Å². The van der Waals surface area contributed by atoms with Gasteiger partial charge in [-0.3, -0.25) is 4.79 Å². The summed E-state index contributed by atoms with van der Waals surface area (Å²) in [6, 6.07) is 14.3. The summed E-state index contributed by atoms with van der Waals surface area (Å²) in [6.07, 6.45) is 0. The Kier molecular flexibility index (Phi) is 4.88. The van der Waals surface area contributed by atoms with Crippen LogP contribution in [0.25, 0.3) is 11.0 Å². The first kappa shape index (κ1) is 17.5. The molecule has 0 spiro atoms. The third kappa shape index (κ3) is 3.66. The number of fused-ring (bicyclic) bond motifs is 1. The predicted molar refractivity (Wildman–Crippen MR) is 96.1 cm³/mol. The van der Waals surface area contributed by atoms with E-state index >= 15 is 0 Å². The molecular formula is C19H19N3O4. The van der Waals surface area contributed by atoms with Crippen LogP contribution in [0.3, 0.4) is 0 Å². The van der Waals surface area contributed by atoms with Crippen molar-refractivity contribution in [3.8, 4) is 5.75 Å². The molecule has 0 atom stereocenters. The molecule has 0 radical (unpaired) electrons. The molecule has 26 heavy (non-hydrogen) atoms. The molecule has 2 aromatic carbocycles. The van der Waals surface area contributed by atoms with Crippen molar-refractivity contribution < 1.29 is 19.4 Å². The quantitative estimate of drug-likeness (QED) is 0.735. The molecule has 0 fully saturated rings. The molecule has 3 rings (SSSR count). The Bertz CT molecular complexity index is 964. The number of amides is 1. The molecule has 0 unspecified atom stereocenters. The number of carbonyl (C=O) groups is 2. The number of nitrogens with zero attached hydrogens (tertiary/aromatic N) is 3. The predicted octanol–water partition coefficient (Wildman–Crippen LogP) is 2.31. The van der Waals surface area contributed by atoms with Gasteiger partial charge in [-0.25, -0.2) is 9.78 Å². The van der Waals surface area contributed by atoms with E-state index in [1.54, 1.807) is 30.1 Å². The Balaban J connectivity index is 1.76. The van der Waals surface area contributed by atoms with Gasteiger partial charge in [-0.05, 0) is 30.3 Å². The minimum absolute atomic E-state index is 0.196. The first-order chi connectivity index (χ1) is 12.5. The summed E-state index contributed by atoms with van der Waals surface area (Å²) in [6.45, 7) is -0.0996. The van der Waals surface area contributed by atoms with Crippen molar-refractivity contribution in [2.24, 2.45) is 7.05 Å². The highest BCUT2D eigenvalue weighted by Gasteiger charge is 2.16. The SMILES string of the molecule is CN(Cc1nc2ccccc2n1C)C(=O)c1cccc(OCC(=O)O)c1. The van der Waals surface area contributed by atoms with Crippen LogP contribution in [0.15, 0.2) is 48.5 Å². The number of benzene rings is 2. The van der Waals surface area contributed by atoms with Gasteiger partial charge < -0.3 is 19.3 Å². The molecule has 1 N–H and O–H groups in total. The summed E-state index contributed by atoms with van der Waals surface area (Å²) in [5.74, 6) is -0.145. The fourth-order valence-electron chi connectivity index (χ4n) is 2.71. The molecule has 0 saturated heterocycles. The van der Waals surface area contributed by atoms with E-state index in [1.165, 1.54) is 6.07 Å². The van der Waals surface area contributed by atoms with E-state index < -0.39 is 12.6 Å². The normalized spacial score (nSPS) is 10.7. The smallest absolute Gasteiger partial charge is 0.341 e. The van der Waals surface area contributed by atoms with E-state index in [0.717, 1.165) is 16.9 Å². The van der Waals surface area contributed by atoms with Crippen molar-refractivity contribution in [3.05, 3.63) is 59.9 Å². The molecule has 0 aliphatic heterocycles. The maximum atomic E-state index is 12.7. The lowest BCUT2D eigenvalue weighted by Crippen LogP contribution is -2.27. The molecule has 7 nitrogen and oxygen atoms in total. The van der Waals surface area contributed by atoms with Gasteiger partial charge >= 0.3 is 5.97 Å². The zero-order valence-electron chi connectivity index (χ0n) is 14.5. The number of aryl methyl sites for hydroxylation is 1. The van der Waals surface area contributed by atoms with Crippen LogP contribution in [0, 0.1) is 0 Å². The lowest BCUT2D eigenvalue weighted by atomic mass is 10.2. The number of aliphatic carboxylic acids is 1. The summed E-state index contributed by atoms with van der Waals surface area (Å²) >= 11 is 0. The van der Waals surface area contributed by atoms with Gasteiger partial charge in [0, 0.05) is 19.7 Å². The number of aromatic nitrogens is 2. The van der Waals surface area contributed by atoms with Crippen LogP contribution in [0.2, 0.25) is 0 Å². The van der Waals surface area contributed by atoms with Gasteiger partial charge in [0.15, 0.2) is 6.61 Å². The average molecular weight is 353 g/mol. The Hall–Kier alpha value is -3.35. The molecule has 134 valence electrons. The monoisotopic (exact) mass is 353 g/mol. The third-order valence-corrected chi connectivity index (χ3v) is 4.05. The molecule has 0 aliphatic carbocycles. The number of rotatable bonds is 6. The van der Waals surface area contributed by atoms with Gasteiger partial charge in [0.25, 0.3) is 5.91 Å². The second kappa shape index (κ2) is 7.26. The number of hydrogen-bond donors (Lipinski definition) is 1. The molecule has 3 aromatic rings. The van der Waals surface area contributed by atoms with Gasteiger partial charge in [-0.2, -0.15) is 0 Å². The zero-order valence-corrected chi connectivity index (χ0v) is 14.5. The van der Waals surface area contributed by atoms with Gasteiger partial charge in [0.05, 0.1) is 17.6 Å². The van der Waals surface area contributed by atoms with Gasteiger partial charge in [0.1, 0.15) is 11.6 Å². The number of hydrogen-bond acceptors (Lipinski definition) is 4. The Morgan fingerprint density at radius 1 is 1.19 bits per heavy atom. The van der Waals surface area contributed by atoms with Crippen molar-refractivity contribution in [2.75, 3.05) is 13.7 Å². The van der Waals surface area contributed by atoms with Crippen LogP contribution in [0.1, 0.15) is 16.2 Å². The van der Waals surface area contributed by atoms with E-state index in [4.69, 9.17) is 9.84 Å². The third-order valence-electron chi connectivity index (χ3n) is 4.05. The van der Waals surface area contributed by atoms with Crippen LogP contribution in [0.5, 0.6) is 5.75 Å². The van der Waals surface area contributed by atoms with Crippen LogP contribution >= 0.6 is 0 Å². The minimum atomic E-state index is -1.07. The molecule has 0 bridgehead atoms. The molecule has 1 aromatic heterocycles. The first-order valence-corrected chi connectivity index (χ1v) is 8.06. The standard InChI is InChI=1S/C19H19N3O4/c1-21(11-17-20-15-8-3-4-9-16(15)22(17)2)19(25)13-6-5-7-14(10-13)26-12-18(23)24/h3-10H,11-12H2,1-2H3,(H,23,24). The van der Waals surface area contributed by atoms with Crippen molar-refractivity contribution in [1.29, 1.82) is 0 Å². The van der Waals surface area contributed by atoms with Crippen LogP contribution in [-0.4, -0.2) is 45.1 Å². The van der Waals surface area contributed by atoms with E-state index in [9.17, 15) is 9.59 Å². The van der Waals surface area contributed by atoms with Gasteiger partial charge in [-0.15, -0.1) is 0 Å². The van der Waals surface area contributed by atoms with Crippen LogP contribution < -0.4 is 4.74 Å². The number of carboxylic acids is 1. The highest BCUT2D eigenvalue weighted by atomic mass is 16.5. The van der Waals surface area contributed by atoms with E-state index in [-0.39, 0.29) is 5.91 Å². The second-order valence-corrected chi connectivity index (χ2v) is 5.95. The average Bonchev–Trinajstić information content (AvgIpc) is 2.95. The first-order valence-electron chi connectivity index (χ1n) is 8.06. The maximum absolute atomic E-state index is 12.7. The molecule has 1 amide bonds. The molecule has 0 aliphatic rings. The largest absolute Gasteiger partial charge is 0.482 e. The van der Waals surface area contributed by atoms with Gasteiger partial charge in [-0.1, -0.05) is 18.2 Å². The molecular weight excluding hydrogens is 334 g/mol. The molecule has 0 saturated carbocycles. The summed E-state index contributed by atoms with van der Waals surface area (Å²) in [5, 5.41) is 8.68. The number of para-hydroxylation sites is 2. The highest BCUT2D eigenvalue weighted by molar-refractivity contribution is 5.94. The zero-order chi connectivity index (χ0) is 18.7. The number of carboxylic acid groups (broad SMARTS) is 1. The van der Waals surface area contributed by atoms with E-state index in [0.29, 0.717) is 17.9 Å². The van der Waals surface area contributed by atoms with Crippen molar-refractivity contribution in [2.45, 2.75) is 6.54 Å². The van der Waals surface area contributed by atoms with Crippen LogP contribution in [0.4, 0.5) is 0 Å². The lowest BCUT2D eigenvalue weighted by molar-refractivity contribution is -0.139. The lowest BCUT2D eigenvalue weighted by Gasteiger charge is -2.17. The highest BCUT2D eigenvalue weighted by Crippen LogP contribution is 2.18.